The second-order valence-electron chi connectivity index (χ2n) is 5.36. The molecule has 5 heteroatoms. The first-order chi connectivity index (χ1) is 10.6. The van der Waals surface area contributed by atoms with Crippen LogP contribution in [0.15, 0.2) is 36.7 Å². The summed E-state index contributed by atoms with van der Waals surface area (Å²) in [6.07, 6.45) is 3.98. The maximum Gasteiger partial charge on any atom is 0.254 e. The largest absolute Gasteiger partial charge is 0.350 e. The molecule has 0 saturated carbocycles. The molecule has 0 aliphatic carbocycles. The summed E-state index contributed by atoms with van der Waals surface area (Å²) < 4.78 is 0. The second kappa shape index (κ2) is 7.54. The Kier molecular flexibility index (Phi) is 5.47. The summed E-state index contributed by atoms with van der Waals surface area (Å²) in [5.41, 5.74) is 2.89. The molecule has 116 valence electrons. The van der Waals surface area contributed by atoms with E-state index in [0.717, 1.165) is 6.42 Å². The zero-order valence-corrected chi connectivity index (χ0v) is 13.3. The van der Waals surface area contributed by atoms with E-state index in [1.54, 1.807) is 12.4 Å². The molecule has 1 amide bonds. The van der Waals surface area contributed by atoms with Gasteiger partial charge in [-0.2, -0.15) is 0 Å². The number of anilines is 1. The van der Waals surface area contributed by atoms with Crippen molar-refractivity contribution in [2.24, 2.45) is 0 Å². The number of carbonyl (C=O) groups is 1. The van der Waals surface area contributed by atoms with Gasteiger partial charge in [-0.1, -0.05) is 31.2 Å². The smallest absolute Gasteiger partial charge is 0.254 e. The molecule has 2 N–H and O–H groups in total. The van der Waals surface area contributed by atoms with Crippen molar-refractivity contribution < 1.29 is 4.79 Å². The van der Waals surface area contributed by atoms with Crippen molar-refractivity contribution >= 4 is 11.9 Å². The quantitative estimate of drug-likeness (QED) is 0.860. The maximum atomic E-state index is 11.9. The van der Waals surface area contributed by atoms with E-state index >= 15 is 0 Å². The summed E-state index contributed by atoms with van der Waals surface area (Å²) in [6.45, 7) is 6.72. The Morgan fingerprint density at radius 3 is 2.55 bits per heavy atom. The topological polar surface area (TPSA) is 66.9 Å². The Hall–Kier alpha value is -2.43. The lowest BCUT2D eigenvalue weighted by atomic mass is 10.1. The molecule has 2 aromatic rings. The summed E-state index contributed by atoms with van der Waals surface area (Å²) in [5.74, 6) is 0.378. The summed E-state index contributed by atoms with van der Waals surface area (Å²) in [6, 6.07) is 8.30. The van der Waals surface area contributed by atoms with Crippen LogP contribution >= 0.6 is 0 Å². The molecule has 0 bridgehead atoms. The molecule has 1 heterocycles. The van der Waals surface area contributed by atoms with Crippen LogP contribution in [-0.4, -0.2) is 21.9 Å². The number of amides is 1. The fourth-order valence-corrected chi connectivity index (χ4v) is 1.93. The molecule has 0 fully saturated rings. The minimum absolute atomic E-state index is 0.139. The Balaban J connectivity index is 1.95. The van der Waals surface area contributed by atoms with E-state index < -0.39 is 0 Å². The molecule has 1 atom stereocenters. The number of carbonyl (C=O) groups excluding carboxylic acids is 1. The number of nitrogens with one attached hydrogen (secondary N) is 2. The van der Waals surface area contributed by atoms with Gasteiger partial charge in [-0.3, -0.25) is 4.79 Å². The van der Waals surface area contributed by atoms with Gasteiger partial charge in [-0.05, 0) is 31.4 Å². The number of hydrogen-bond donors (Lipinski definition) is 2. The molecule has 5 nitrogen and oxygen atoms in total. The second-order valence-corrected chi connectivity index (χ2v) is 5.36. The SMILES string of the molecule is CCC(C)NC(=O)c1cnc(NCc2ccccc2C)nc1. The number of nitrogens with zero attached hydrogens (tertiary/aromatic N) is 2. The highest BCUT2D eigenvalue weighted by Gasteiger charge is 2.09. The van der Waals surface area contributed by atoms with E-state index in [1.807, 2.05) is 26.0 Å². The fraction of sp³-hybridized carbons (Fsp3) is 0.353. The van der Waals surface area contributed by atoms with Crippen LogP contribution in [-0.2, 0) is 6.54 Å². The number of rotatable bonds is 6. The van der Waals surface area contributed by atoms with Crippen LogP contribution < -0.4 is 10.6 Å². The van der Waals surface area contributed by atoms with E-state index in [0.29, 0.717) is 18.1 Å². The van der Waals surface area contributed by atoms with Gasteiger partial charge in [0, 0.05) is 25.0 Å². The van der Waals surface area contributed by atoms with E-state index in [2.05, 4.69) is 39.7 Å². The molecule has 0 aliphatic rings. The molecular formula is C17H22N4O. The highest BCUT2D eigenvalue weighted by atomic mass is 16.1. The van der Waals surface area contributed by atoms with E-state index in [-0.39, 0.29) is 11.9 Å². The highest BCUT2D eigenvalue weighted by Crippen LogP contribution is 2.09. The van der Waals surface area contributed by atoms with Crippen LogP contribution in [0.25, 0.3) is 0 Å². The third-order valence-corrected chi connectivity index (χ3v) is 3.60. The predicted molar refractivity (Wildman–Crippen MR) is 87.8 cm³/mol. The Bertz CT molecular complexity index is 625. The van der Waals surface area contributed by atoms with Crippen molar-refractivity contribution in [1.29, 1.82) is 0 Å². The van der Waals surface area contributed by atoms with Crippen LogP contribution in [0, 0.1) is 6.92 Å². The first-order valence-corrected chi connectivity index (χ1v) is 7.51. The van der Waals surface area contributed by atoms with E-state index in [1.165, 1.54) is 11.1 Å². The molecule has 1 unspecified atom stereocenters. The molecule has 2 rings (SSSR count). The van der Waals surface area contributed by atoms with Crippen LogP contribution in [0.4, 0.5) is 5.95 Å². The summed E-state index contributed by atoms with van der Waals surface area (Å²) in [7, 11) is 0. The van der Waals surface area contributed by atoms with Gasteiger partial charge in [0.25, 0.3) is 5.91 Å². The standard InChI is InChI=1S/C17H22N4O/c1-4-13(3)21-16(22)15-10-19-17(20-11-15)18-9-14-8-6-5-7-12(14)2/h5-8,10-11,13H,4,9H2,1-3H3,(H,21,22)(H,18,19,20). The van der Waals surface area contributed by atoms with Crippen molar-refractivity contribution in [3.8, 4) is 0 Å². The fourth-order valence-electron chi connectivity index (χ4n) is 1.93. The van der Waals surface area contributed by atoms with E-state index in [9.17, 15) is 4.79 Å². The van der Waals surface area contributed by atoms with Gasteiger partial charge >= 0.3 is 0 Å². The van der Waals surface area contributed by atoms with Crippen molar-refractivity contribution in [1.82, 2.24) is 15.3 Å². The van der Waals surface area contributed by atoms with Crippen LogP contribution in [0.5, 0.6) is 0 Å². The predicted octanol–water partition coefficient (Wildman–Crippen LogP) is 2.93. The first-order valence-electron chi connectivity index (χ1n) is 7.51. The lowest BCUT2D eigenvalue weighted by Gasteiger charge is -2.11. The van der Waals surface area contributed by atoms with Gasteiger partial charge in [-0.25, -0.2) is 9.97 Å². The minimum atomic E-state index is -0.139. The molecular weight excluding hydrogens is 276 g/mol. The number of hydrogen-bond acceptors (Lipinski definition) is 4. The third kappa shape index (κ3) is 4.28. The number of aromatic nitrogens is 2. The normalized spacial score (nSPS) is 11.8. The van der Waals surface area contributed by atoms with Crippen molar-refractivity contribution in [3.05, 3.63) is 53.3 Å². The van der Waals surface area contributed by atoms with Crippen molar-refractivity contribution in [3.63, 3.8) is 0 Å². The van der Waals surface area contributed by atoms with Crippen LogP contribution in [0.1, 0.15) is 41.8 Å². The summed E-state index contributed by atoms with van der Waals surface area (Å²) in [5, 5.41) is 6.06. The molecule has 22 heavy (non-hydrogen) atoms. The Morgan fingerprint density at radius 1 is 1.23 bits per heavy atom. The zero-order valence-electron chi connectivity index (χ0n) is 13.3. The average Bonchev–Trinajstić information content (AvgIpc) is 2.54. The molecule has 0 aliphatic heterocycles. The Morgan fingerprint density at radius 2 is 1.91 bits per heavy atom. The van der Waals surface area contributed by atoms with E-state index in [4.69, 9.17) is 0 Å². The summed E-state index contributed by atoms with van der Waals surface area (Å²) in [4.78, 5) is 20.3. The van der Waals surface area contributed by atoms with Crippen molar-refractivity contribution in [2.75, 3.05) is 5.32 Å². The van der Waals surface area contributed by atoms with Crippen LogP contribution in [0.2, 0.25) is 0 Å². The molecule has 0 spiro atoms. The third-order valence-electron chi connectivity index (χ3n) is 3.60. The zero-order chi connectivity index (χ0) is 15.9. The average molecular weight is 298 g/mol. The van der Waals surface area contributed by atoms with Crippen LogP contribution in [0.3, 0.4) is 0 Å². The maximum absolute atomic E-state index is 11.9. The molecule has 1 aromatic carbocycles. The highest BCUT2D eigenvalue weighted by molar-refractivity contribution is 5.93. The molecule has 0 saturated heterocycles. The monoisotopic (exact) mass is 298 g/mol. The van der Waals surface area contributed by atoms with Crippen molar-refractivity contribution in [2.45, 2.75) is 39.8 Å². The first kappa shape index (κ1) is 15.9. The van der Waals surface area contributed by atoms with Gasteiger partial charge in [-0.15, -0.1) is 0 Å². The van der Waals surface area contributed by atoms with Gasteiger partial charge < -0.3 is 10.6 Å². The summed E-state index contributed by atoms with van der Waals surface area (Å²) >= 11 is 0. The minimum Gasteiger partial charge on any atom is -0.350 e. The van der Waals surface area contributed by atoms with Gasteiger partial charge in [0.2, 0.25) is 5.95 Å². The Labute approximate surface area is 131 Å². The number of benzene rings is 1. The van der Waals surface area contributed by atoms with Gasteiger partial charge in [0.05, 0.1) is 5.56 Å². The molecule has 0 radical (unpaired) electrons. The molecule has 1 aromatic heterocycles. The lowest BCUT2D eigenvalue weighted by molar-refractivity contribution is 0.0938. The van der Waals surface area contributed by atoms with Gasteiger partial charge in [0.15, 0.2) is 0 Å². The number of aryl methyl sites for hydroxylation is 1. The van der Waals surface area contributed by atoms with Gasteiger partial charge in [0.1, 0.15) is 0 Å². The lowest BCUT2D eigenvalue weighted by Crippen LogP contribution is -2.32.